The largest absolute Gasteiger partial charge is 0.387 e. The van der Waals surface area contributed by atoms with Crippen LogP contribution in [0.5, 0.6) is 0 Å². The summed E-state index contributed by atoms with van der Waals surface area (Å²) < 4.78 is 3.44. The number of rotatable bonds is 4. The van der Waals surface area contributed by atoms with Gasteiger partial charge in [-0.1, -0.05) is 26.0 Å². The minimum Gasteiger partial charge on any atom is -0.387 e. The van der Waals surface area contributed by atoms with Crippen LogP contribution in [-0.4, -0.2) is 29.9 Å². The first kappa shape index (κ1) is 12.8. The van der Waals surface area contributed by atoms with Crippen LogP contribution in [0.3, 0.4) is 0 Å². The average Bonchev–Trinajstić information content (AvgIpc) is 2.93. The number of hydrogen-bond donors (Lipinski definition) is 1. The third-order valence-electron chi connectivity index (χ3n) is 2.87. The second-order valence-electron chi connectivity index (χ2n) is 4.74. The lowest BCUT2D eigenvalue weighted by Gasteiger charge is -2.04. The summed E-state index contributed by atoms with van der Waals surface area (Å²) in [6, 6.07) is 0. The normalized spacial score (nSPS) is 13.2. The van der Waals surface area contributed by atoms with Gasteiger partial charge in [0.05, 0.1) is 24.2 Å². The summed E-state index contributed by atoms with van der Waals surface area (Å²) >= 11 is 0. The highest BCUT2D eigenvalue weighted by atomic mass is 16.3. The van der Waals surface area contributed by atoms with Crippen molar-refractivity contribution in [2.24, 2.45) is 7.05 Å². The molecule has 0 aromatic carbocycles. The van der Waals surface area contributed by atoms with E-state index in [-0.39, 0.29) is 0 Å². The Morgan fingerprint density at radius 1 is 1.33 bits per heavy atom. The molecule has 98 valence electrons. The zero-order chi connectivity index (χ0) is 13.3. The Bertz CT molecular complexity index is 528. The molecule has 0 spiro atoms. The first-order valence-electron chi connectivity index (χ1n) is 6.17. The number of aryl methyl sites for hydroxylation is 1. The maximum absolute atomic E-state index is 9.74. The number of nitrogens with zero attached hydrogens (tertiary/aromatic N) is 5. The number of aromatic nitrogens is 5. The molecule has 0 radical (unpaired) electrons. The van der Waals surface area contributed by atoms with Crippen molar-refractivity contribution in [3.05, 3.63) is 23.8 Å². The van der Waals surface area contributed by atoms with E-state index >= 15 is 0 Å². The van der Waals surface area contributed by atoms with Crippen LogP contribution in [0, 0.1) is 0 Å². The third kappa shape index (κ3) is 2.28. The van der Waals surface area contributed by atoms with Crippen molar-refractivity contribution in [3.8, 4) is 5.69 Å². The SMILES string of the molecule is CCC(O)c1cn(-c2cn(C)nc2C(C)C)nn1. The van der Waals surface area contributed by atoms with Gasteiger partial charge in [0.25, 0.3) is 0 Å². The van der Waals surface area contributed by atoms with Gasteiger partial charge < -0.3 is 5.11 Å². The Kier molecular flexibility index (Phi) is 3.47. The molecule has 0 aliphatic heterocycles. The van der Waals surface area contributed by atoms with Gasteiger partial charge in [-0.2, -0.15) is 5.10 Å². The van der Waals surface area contributed by atoms with Crippen LogP contribution >= 0.6 is 0 Å². The maximum Gasteiger partial charge on any atom is 0.112 e. The van der Waals surface area contributed by atoms with Crippen LogP contribution in [0.2, 0.25) is 0 Å². The van der Waals surface area contributed by atoms with Crippen molar-refractivity contribution in [1.82, 2.24) is 24.8 Å². The molecule has 1 unspecified atom stereocenters. The Morgan fingerprint density at radius 2 is 2.06 bits per heavy atom. The van der Waals surface area contributed by atoms with Crippen molar-refractivity contribution in [1.29, 1.82) is 0 Å². The van der Waals surface area contributed by atoms with Gasteiger partial charge in [-0.05, 0) is 12.3 Å². The van der Waals surface area contributed by atoms with Gasteiger partial charge in [-0.15, -0.1) is 5.10 Å². The van der Waals surface area contributed by atoms with Crippen LogP contribution in [0.4, 0.5) is 0 Å². The van der Waals surface area contributed by atoms with Gasteiger partial charge in [0.1, 0.15) is 11.4 Å². The standard InChI is InChI=1S/C12H19N5O/c1-5-11(18)9-6-17(15-13-9)10-7-16(4)14-12(10)8(2)3/h6-8,11,18H,5H2,1-4H3. The molecule has 2 rings (SSSR count). The lowest BCUT2D eigenvalue weighted by molar-refractivity contribution is 0.169. The minimum atomic E-state index is -0.557. The first-order chi connectivity index (χ1) is 8.52. The van der Waals surface area contributed by atoms with Gasteiger partial charge in [0.15, 0.2) is 0 Å². The fraction of sp³-hybridized carbons (Fsp3) is 0.583. The Morgan fingerprint density at radius 3 is 2.67 bits per heavy atom. The molecule has 0 saturated heterocycles. The average molecular weight is 249 g/mol. The molecule has 1 atom stereocenters. The Balaban J connectivity index is 2.39. The minimum absolute atomic E-state index is 0.310. The molecule has 6 heteroatoms. The van der Waals surface area contributed by atoms with E-state index < -0.39 is 6.10 Å². The number of aliphatic hydroxyl groups excluding tert-OH is 1. The first-order valence-corrected chi connectivity index (χ1v) is 6.17. The quantitative estimate of drug-likeness (QED) is 0.893. The predicted molar refractivity (Wildman–Crippen MR) is 67.5 cm³/mol. The second-order valence-corrected chi connectivity index (χ2v) is 4.74. The predicted octanol–water partition coefficient (Wildman–Crippen LogP) is 1.57. The molecule has 0 bridgehead atoms. The Hall–Kier alpha value is -1.69. The third-order valence-corrected chi connectivity index (χ3v) is 2.87. The summed E-state index contributed by atoms with van der Waals surface area (Å²) in [6.45, 7) is 6.09. The maximum atomic E-state index is 9.74. The molecular weight excluding hydrogens is 230 g/mol. The van der Waals surface area contributed by atoms with E-state index in [0.29, 0.717) is 18.0 Å². The van der Waals surface area contributed by atoms with Crippen molar-refractivity contribution >= 4 is 0 Å². The molecule has 6 nitrogen and oxygen atoms in total. The smallest absolute Gasteiger partial charge is 0.112 e. The summed E-state index contributed by atoms with van der Waals surface area (Å²) in [5.41, 5.74) is 2.48. The summed E-state index contributed by atoms with van der Waals surface area (Å²) in [5.74, 6) is 0.310. The number of hydrogen-bond acceptors (Lipinski definition) is 4. The lowest BCUT2D eigenvalue weighted by Crippen LogP contribution is -2.00. The zero-order valence-corrected chi connectivity index (χ0v) is 11.2. The molecule has 0 fully saturated rings. The summed E-state index contributed by atoms with van der Waals surface area (Å²) in [5, 5.41) is 22.2. The molecular formula is C12H19N5O. The van der Waals surface area contributed by atoms with Crippen LogP contribution in [0.1, 0.15) is 50.6 Å². The van der Waals surface area contributed by atoms with E-state index in [1.165, 1.54) is 0 Å². The van der Waals surface area contributed by atoms with Crippen LogP contribution in [0.25, 0.3) is 5.69 Å². The van der Waals surface area contributed by atoms with Gasteiger partial charge in [0.2, 0.25) is 0 Å². The number of aliphatic hydroxyl groups is 1. The molecule has 2 aromatic rings. The van der Waals surface area contributed by atoms with Gasteiger partial charge in [0, 0.05) is 7.05 Å². The molecule has 18 heavy (non-hydrogen) atoms. The molecule has 0 amide bonds. The summed E-state index contributed by atoms with van der Waals surface area (Å²) in [4.78, 5) is 0. The van der Waals surface area contributed by atoms with E-state index in [1.54, 1.807) is 15.6 Å². The molecule has 0 aliphatic carbocycles. The monoisotopic (exact) mass is 249 g/mol. The second kappa shape index (κ2) is 4.89. The Labute approximate surface area is 106 Å². The van der Waals surface area contributed by atoms with Crippen LogP contribution in [-0.2, 0) is 7.05 Å². The molecule has 0 saturated carbocycles. The van der Waals surface area contributed by atoms with Gasteiger partial charge in [-0.25, -0.2) is 4.68 Å². The highest BCUT2D eigenvalue weighted by Crippen LogP contribution is 2.21. The fourth-order valence-corrected chi connectivity index (χ4v) is 1.84. The van der Waals surface area contributed by atoms with Crippen LogP contribution in [0.15, 0.2) is 12.4 Å². The van der Waals surface area contributed by atoms with Crippen molar-refractivity contribution < 1.29 is 5.11 Å². The zero-order valence-electron chi connectivity index (χ0n) is 11.2. The molecule has 1 N–H and O–H groups in total. The van der Waals surface area contributed by atoms with Crippen molar-refractivity contribution in [3.63, 3.8) is 0 Å². The highest BCUT2D eigenvalue weighted by Gasteiger charge is 2.16. The van der Waals surface area contributed by atoms with E-state index in [0.717, 1.165) is 11.4 Å². The molecule has 0 aliphatic rings. The van der Waals surface area contributed by atoms with Crippen molar-refractivity contribution in [2.75, 3.05) is 0 Å². The summed E-state index contributed by atoms with van der Waals surface area (Å²) in [7, 11) is 1.88. The highest BCUT2D eigenvalue weighted by molar-refractivity contribution is 5.35. The van der Waals surface area contributed by atoms with E-state index in [4.69, 9.17) is 0 Å². The van der Waals surface area contributed by atoms with Gasteiger partial charge in [-0.3, -0.25) is 4.68 Å². The van der Waals surface area contributed by atoms with E-state index in [2.05, 4.69) is 29.3 Å². The topological polar surface area (TPSA) is 68.8 Å². The fourth-order valence-electron chi connectivity index (χ4n) is 1.84. The van der Waals surface area contributed by atoms with E-state index in [1.807, 2.05) is 20.2 Å². The van der Waals surface area contributed by atoms with Crippen molar-refractivity contribution in [2.45, 2.75) is 39.2 Å². The summed E-state index contributed by atoms with van der Waals surface area (Å²) in [6.07, 6.45) is 3.74. The lowest BCUT2D eigenvalue weighted by atomic mass is 10.1. The molecule has 2 heterocycles. The van der Waals surface area contributed by atoms with Crippen LogP contribution < -0.4 is 0 Å². The molecule has 2 aromatic heterocycles. The van der Waals surface area contributed by atoms with E-state index in [9.17, 15) is 5.11 Å². The van der Waals surface area contributed by atoms with Gasteiger partial charge >= 0.3 is 0 Å².